The Hall–Kier alpha value is -0.670. The van der Waals surface area contributed by atoms with Crippen LogP contribution in [0.25, 0.3) is 0 Å². The van der Waals surface area contributed by atoms with Gasteiger partial charge in [-0.15, -0.1) is 0 Å². The maximum atomic E-state index is 12.6. The Labute approximate surface area is 123 Å². The van der Waals surface area contributed by atoms with Crippen molar-refractivity contribution in [2.45, 2.75) is 22.5 Å². The zero-order chi connectivity index (χ0) is 12.7. The van der Waals surface area contributed by atoms with Crippen LogP contribution in [-0.4, -0.2) is 10.6 Å². The Kier molecular flexibility index (Phi) is 3.29. The second kappa shape index (κ2) is 4.78. The van der Waals surface area contributed by atoms with E-state index >= 15 is 0 Å². The topological polar surface area (TPSA) is 17.1 Å². The van der Waals surface area contributed by atoms with Gasteiger partial charge in [-0.2, -0.15) is 0 Å². The number of allylic oxidation sites excluding steroid dienone is 4. The molecule has 1 aromatic rings. The Balaban J connectivity index is 2.23. The standard InChI is InChI=1S/C15H12Br2O/c16-13-9-5-1-3-7-11(9)15(18)12-8-4-2-6-10(12)14(13)17/h1,3-5,7-8,13-14H,2,6H2. The number of carbonyl (C=O) groups is 1. The highest BCUT2D eigenvalue weighted by atomic mass is 79.9. The number of hydrogen-bond donors (Lipinski definition) is 0. The van der Waals surface area contributed by atoms with E-state index < -0.39 is 0 Å². The van der Waals surface area contributed by atoms with Crippen molar-refractivity contribution in [3.8, 4) is 0 Å². The van der Waals surface area contributed by atoms with Crippen LogP contribution in [0.3, 0.4) is 0 Å². The number of hydrogen-bond acceptors (Lipinski definition) is 1. The molecular weight excluding hydrogens is 356 g/mol. The van der Waals surface area contributed by atoms with Crippen molar-refractivity contribution in [2.75, 3.05) is 0 Å². The first-order valence-electron chi connectivity index (χ1n) is 6.01. The number of alkyl halides is 2. The zero-order valence-electron chi connectivity index (χ0n) is 9.70. The lowest BCUT2D eigenvalue weighted by Crippen LogP contribution is -2.12. The van der Waals surface area contributed by atoms with Gasteiger partial charge in [0.25, 0.3) is 0 Å². The zero-order valence-corrected chi connectivity index (χ0v) is 12.9. The fourth-order valence-electron chi connectivity index (χ4n) is 2.61. The SMILES string of the molecule is O=C1C2=C(CCC=C2)C(Br)C(Br)c2ccccc21. The molecule has 3 heteroatoms. The second-order valence-electron chi connectivity index (χ2n) is 4.60. The number of Topliss-reactive ketones (excluding diaryl/α,β-unsaturated/α-hetero) is 1. The average Bonchev–Trinajstić information content (AvgIpc) is 2.51. The monoisotopic (exact) mass is 366 g/mol. The molecule has 0 amide bonds. The molecule has 0 fully saturated rings. The van der Waals surface area contributed by atoms with Crippen LogP contribution in [0.5, 0.6) is 0 Å². The van der Waals surface area contributed by atoms with Gasteiger partial charge in [0.2, 0.25) is 0 Å². The van der Waals surface area contributed by atoms with Gasteiger partial charge in [0.15, 0.2) is 5.78 Å². The maximum absolute atomic E-state index is 12.6. The normalized spacial score (nSPS) is 26.7. The van der Waals surface area contributed by atoms with Crippen molar-refractivity contribution in [3.63, 3.8) is 0 Å². The highest BCUT2D eigenvalue weighted by molar-refractivity contribution is 9.12. The van der Waals surface area contributed by atoms with Crippen LogP contribution in [0.15, 0.2) is 47.6 Å². The number of ketones is 1. The van der Waals surface area contributed by atoms with E-state index in [0.717, 1.165) is 29.5 Å². The molecule has 2 atom stereocenters. The molecule has 2 unspecified atom stereocenters. The van der Waals surface area contributed by atoms with E-state index in [-0.39, 0.29) is 15.4 Å². The smallest absolute Gasteiger partial charge is 0.193 e. The third kappa shape index (κ3) is 1.84. The summed E-state index contributed by atoms with van der Waals surface area (Å²) in [5, 5.41) is 0. The Bertz CT molecular complexity index is 572. The summed E-state index contributed by atoms with van der Waals surface area (Å²) in [5.41, 5.74) is 3.99. The molecule has 1 aromatic carbocycles. The highest BCUT2D eigenvalue weighted by Gasteiger charge is 2.33. The summed E-state index contributed by atoms with van der Waals surface area (Å²) in [6.45, 7) is 0. The van der Waals surface area contributed by atoms with Gasteiger partial charge < -0.3 is 0 Å². The van der Waals surface area contributed by atoms with Crippen LogP contribution in [-0.2, 0) is 0 Å². The predicted octanol–water partition coefficient (Wildman–Crippen LogP) is 4.73. The van der Waals surface area contributed by atoms with Gasteiger partial charge in [-0.05, 0) is 24.0 Å². The van der Waals surface area contributed by atoms with E-state index in [0.29, 0.717) is 0 Å². The highest BCUT2D eigenvalue weighted by Crippen LogP contribution is 2.44. The molecule has 0 saturated heterocycles. The van der Waals surface area contributed by atoms with Crippen LogP contribution < -0.4 is 0 Å². The summed E-state index contributed by atoms with van der Waals surface area (Å²) in [4.78, 5) is 12.9. The van der Waals surface area contributed by atoms with Crippen molar-refractivity contribution in [3.05, 3.63) is 58.7 Å². The van der Waals surface area contributed by atoms with Crippen molar-refractivity contribution in [1.82, 2.24) is 0 Å². The molecule has 3 rings (SSSR count). The summed E-state index contributed by atoms with van der Waals surface area (Å²) >= 11 is 7.49. The van der Waals surface area contributed by atoms with E-state index in [1.165, 1.54) is 5.57 Å². The van der Waals surface area contributed by atoms with Gasteiger partial charge in [-0.25, -0.2) is 0 Å². The van der Waals surface area contributed by atoms with Crippen LogP contribution in [0.1, 0.15) is 33.6 Å². The predicted molar refractivity (Wildman–Crippen MR) is 80.6 cm³/mol. The summed E-state index contributed by atoms with van der Waals surface area (Å²) in [6, 6.07) is 7.87. The molecule has 0 aromatic heterocycles. The summed E-state index contributed by atoms with van der Waals surface area (Å²) in [5.74, 6) is 0.156. The third-order valence-electron chi connectivity index (χ3n) is 3.55. The molecule has 0 radical (unpaired) electrons. The number of carbonyl (C=O) groups excluding carboxylic acids is 1. The lowest BCUT2D eigenvalue weighted by atomic mass is 9.92. The molecule has 0 heterocycles. The summed E-state index contributed by atoms with van der Waals surface area (Å²) < 4.78 is 0. The quantitative estimate of drug-likeness (QED) is 0.606. The van der Waals surface area contributed by atoms with Crippen LogP contribution in [0.4, 0.5) is 0 Å². The van der Waals surface area contributed by atoms with E-state index in [9.17, 15) is 4.79 Å². The first-order chi connectivity index (χ1) is 8.70. The lowest BCUT2D eigenvalue weighted by molar-refractivity contribution is 0.103. The molecule has 0 aliphatic heterocycles. The minimum absolute atomic E-state index is 0.150. The fourth-order valence-corrected chi connectivity index (χ4v) is 4.09. The summed E-state index contributed by atoms with van der Waals surface area (Å²) in [6.07, 6.45) is 6.05. The Morgan fingerprint density at radius 3 is 2.72 bits per heavy atom. The van der Waals surface area contributed by atoms with E-state index in [4.69, 9.17) is 0 Å². The van der Waals surface area contributed by atoms with Gasteiger partial charge in [0.05, 0.1) is 9.65 Å². The number of halogens is 2. The minimum Gasteiger partial charge on any atom is -0.289 e. The van der Waals surface area contributed by atoms with Gasteiger partial charge in [0.1, 0.15) is 0 Å². The molecule has 0 bridgehead atoms. The van der Waals surface area contributed by atoms with E-state index in [1.807, 2.05) is 30.3 Å². The minimum atomic E-state index is 0.150. The number of fused-ring (bicyclic) bond motifs is 1. The molecular formula is C15H12Br2O. The largest absolute Gasteiger partial charge is 0.289 e. The van der Waals surface area contributed by atoms with Gasteiger partial charge >= 0.3 is 0 Å². The van der Waals surface area contributed by atoms with Gasteiger partial charge in [-0.3, -0.25) is 4.79 Å². The Morgan fingerprint density at radius 2 is 1.89 bits per heavy atom. The van der Waals surface area contributed by atoms with Crippen molar-refractivity contribution in [2.24, 2.45) is 0 Å². The van der Waals surface area contributed by atoms with Crippen LogP contribution >= 0.6 is 31.9 Å². The molecule has 0 spiro atoms. The van der Waals surface area contributed by atoms with Crippen molar-refractivity contribution >= 4 is 37.6 Å². The van der Waals surface area contributed by atoms with Gasteiger partial charge in [0, 0.05) is 11.1 Å². The molecule has 1 nitrogen and oxygen atoms in total. The fraction of sp³-hybridized carbons (Fsp3) is 0.267. The maximum Gasteiger partial charge on any atom is 0.193 e. The number of rotatable bonds is 0. The van der Waals surface area contributed by atoms with Crippen molar-refractivity contribution < 1.29 is 4.79 Å². The van der Waals surface area contributed by atoms with Crippen molar-refractivity contribution in [1.29, 1.82) is 0 Å². The number of benzene rings is 1. The average molecular weight is 368 g/mol. The summed E-state index contributed by atoms with van der Waals surface area (Å²) in [7, 11) is 0. The Morgan fingerprint density at radius 1 is 1.11 bits per heavy atom. The van der Waals surface area contributed by atoms with E-state index in [2.05, 4.69) is 37.9 Å². The molecule has 92 valence electrons. The van der Waals surface area contributed by atoms with Gasteiger partial charge in [-0.1, -0.05) is 68.3 Å². The van der Waals surface area contributed by atoms with Crippen LogP contribution in [0, 0.1) is 0 Å². The molecule has 2 aliphatic rings. The second-order valence-corrected chi connectivity index (χ2v) is 6.57. The first kappa shape index (κ1) is 12.4. The molecule has 0 saturated carbocycles. The first-order valence-corrected chi connectivity index (χ1v) is 7.84. The van der Waals surface area contributed by atoms with Crippen LogP contribution in [0.2, 0.25) is 0 Å². The molecule has 2 aliphatic carbocycles. The lowest BCUT2D eigenvalue weighted by Gasteiger charge is -2.21. The molecule has 0 N–H and O–H groups in total. The van der Waals surface area contributed by atoms with E-state index in [1.54, 1.807) is 0 Å². The third-order valence-corrected chi connectivity index (χ3v) is 6.36. The molecule has 18 heavy (non-hydrogen) atoms.